The number of rotatable bonds is 2. The first-order valence-electron chi connectivity index (χ1n) is 5.85. The molecular formula is C13H18FNS. The van der Waals surface area contributed by atoms with Crippen LogP contribution in [0.2, 0.25) is 0 Å². The summed E-state index contributed by atoms with van der Waals surface area (Å²) in [4.78, 5) is 3.03. The standard InChI is InChI=1S/C13H18FNS/c1-10-3-2-6-15(8-10)9-11-4-5-12(16)7-13(11)14/h4-5,7,10,16H,2-3,6,8-9H2,1H3. The van der Waals surface area contributed by atoms with Crippen molar-refractivity contribution in [2.75, 3.05) is 13.1 Å². The summed E-state index contributed by atoms with van der Waals surface area (Å²) >= 11 is 4.13. The molecule has 1 unspecified atom stereocenters. The minimum atomic E-state index is -0.134. The lowest BCUT2D eigenvalue weighted by Crippen LogP contribution is -2.33. The molecule has 1 heterocycles. The van der Waals surface area contributed by atoms with Crippen LogP contribution < -0.4 is 0 Å². The van der Waals surface area contributed by atoms with E-state index in [1.54, 1.807) is 0 Å². The van der Waals surface area contributed by atoms with E-state index < -0.39 is 0 Å². The fourth-order valence-electron chi connectivity index (χ4n) is 2.34. The van der Waals surface area contributed by atoms with Crippen LogP contribution in [0, 0.1) is 11.7 Å². The molecule has 0 spiro atoms. The molecule has 1 aliphatic heterocycles. The smallest absolute Gasteiger partial charge is 0.128 e. The van der Waals surface area contributed by atoms with Gasteiger partial charge in [0, 0.05) is 23.5 Å². The van der Waals surface area contributed by atoms with Gasteiger partial charge in [0.1, 0.15) is 5.82 Å². The molecule has 0 aromatic heterocycles. The van der Waals surface area contributed by atoms with E-state index in [2.05, 4.69) is 24.5 Å². The molecule has 2 rings (SSSR count). The fourth-order valence-corrected chi connectivity index (χ4v) is 2.52. The number of hydrogen-bond donors (Lipinski definition) is 1. The Hall–Kier alpha value is -0.540. The molecule has 0 radical (unpaired) electrons. The molecule has 0 amide bonds. The van der Waals surface area contributed by atoms with E-state index in [4.69, 9.17) is 0 Å². The molecule has 0 saturated carbocycles. The molecule has 0 aliphatic carbocycles. The molecule has 0 bridgehead atoms. The van der Waals surface area contributed by atoms with Crippen LogP contribution in [0.5, 0.6) is 0 Å². The van der Waals surface area contributed by atoms with Gasteiger partial charge in [0.2, 0.25) is 0 Å². The van der Waals surface area contributed by atoms with Crippen LogP contribution >= 0.6 is 12.6 Å². The lowest BCUT2D eigenvalue weighted by molar-refractivity contribution is 0.175. The number of nitrogens with zero attached hydrogens (tertiary/aromatic N) is 1. The number of halogens is 1. The van der Waals surface area contributed by atoms with E-state index in [0.717, 1.165) is 31.1 Å². The zero-order chi connectivity index (χ0) is 11.5. The van der Waals surface area contributed by atoms with Gasteiger partial charge in [-0.15, -0.1) is 12.6 Å². The van der Waals surface area contributed by atoms with Crippen molar-refractivity contribution in [2.24, 2.45) is 5.92 Å². The summed E-state index contributed by atoms with van der Waals surface area (Å²) in [5.41, 5.74) is 0.784. The lowest BCUT2D eigenvalue weighted by Gasteiger charge is -2.30. The Morgan fingerprint density at radius 3 is 3.00 bits per heavy atom. The molecule has 0 N–H and O–H groups in total. The summed E-state index contributed by atoms with van der Waals surface area (Å²) in [6.07, 6.45) is 2.53. The van der Waals surface area contributed by atoms with Crippen LogP contribution in [-0.4, -0.2) is 18.0 Å². The van der Waals surface area contributed by atoms with Gasteiger partial charge in [0.25, 0.3) is 0 Å². The van der Waals surface area contributed by atoms with Gasteiger partial charge in [-0.05, 0) is 37.4 Å². The lowest BCUT2D eigenvalue weighted by atomic mass is 10.00. The van der Waals surface area contributed by atoms with Gasteiger partial charge in [-0.3, -0.25) is 4.90 Å². The monoisotopic (exact) mass is 239 g/mol. The van der Waals surface area contributed by atoms with Crippen LogP contribution in [0.25, 0.3) is 0 Å². The van der Waals surface area contributed by atoms with Crippen molar-refractivity contribution >= 4 is 12.6 Å². The van der Waals surface area contributed by atoms with E-state index in [-0.39, 0.29) is 5.82 Å². The zero-order valence-electron chi connectivity index (χ0n) is 9.62. The maximum absolute atomic E-state index is 13.6. The summed E-state index contributed by atoms with van der Waals surface area (Å²) in [6, 6.07) is 5.19. The van der Waals surface area contributed by atoms with Crippen LogP contribution in [0.15, 0.2) is 23.1 Å². The van der Waals surface area contributed by atoms with E-state index in [0.29, 0.717) is 4.90 Å². The Bertz CT molecular complexity index is 367. The highest BCUT2D eigenvalue weighted by atomic mass is 32.1. The maximum atomic E-state index is 13.6. The van der Waals surface area contributed by atoms with Crippen molar-refractivity contribution in [3.8, 4) is 0 Å². The third kappa shape index (κ3) is 2.98. The molecule has 1 aliphatic rings. The summed E-state index contributed by atoms with van der Waals surface area (Å²) in [5, 5.41) is 0. The molecule has 88 valence electrons. The van der Waals surface area contributed by atoms with Gasteiger partial charge in [-0.1, -0.05) is 13.0 Å². The van der Waals surface area contributed by atoms with Crippen LogP contribution in [0.1, 0.15) is 25.3 Å². The second-order valence-electron chi connectivity index (χ2n) is 4.76. The highest BCUT2D eigenvalue weighted by Crippen LogP contribution is 2.20. The van der Waals surface area contributed by atoms with Crippen molar-refractivity contribution in [2.45, 2.75) is 31.2 Å². The van der Waals surface area contributed by atoms with Gasteiger partial charge in [0.15, 0.2) is 0 Å². The topological polar surface area (TPSA) is 3.24 Å². The average Bonchev–Trinajstić information content (AvgIpc) is 2.22. The Morgan fingerprint density at radius 2 is 2.31 bits per heavy atom. The molecule has 16 heavy (non-hydrogen) atoms. The van der Waals surface area contributed by atoms with Crippen molar-refractivity contribution in [1.82, 2.24) is 4.90 Å². The Labute approximate surface area is 102 Å². The summed E-state index contributed by atoms with van der Waals surface area (Å²) in [6.45, 7) is 5.16. The van der Waals surface area contributed by atoms with Gasteiger partial charge >= 0.3 is 0 Å². The Morgan fingerprint density at radius 1 is 1.50 bits per heavy atom. The predicted octanol–water partition coefficient (Wildman–Crippen LogP) is 3.35. The molecular weight excluding hydrogens is 221 g/mol. The minimum absolute atomic E-state index is 0.134. The van der Waals surface area contributed by atoms with Gasteiger partial charge < -0.3 is 0 Å². The van der Waals surface area contributed by atoms with Crippen LogP contribution in [-0.2, 0) is 6.54 Å². The SMILES string of the molecule is CC1CCCN(Cc2ccc(S)cc2F)C1. The molecule has 1 saturated heterocycles. The largest absolute Gasteiger partial charge is 0.299 e. The maximum Gasteiger partial charge on any atom is 0.128 e. The molecule has 1 fully saturated rings. The Balaban J connectivity index is 2.02. The van der Waals surface area contributed by atoms with Crippen molar-refractivity contribution in [3.63, 3.8) is 0 Å². The number of hydrogen-bond acceptors (Lipinski definition) is 2. The molecule has 1 aromatic carbocycles. The third-order valence-corrected chi connectivity index (χ3v) is 3.45. The number of piperidine rings is 1. The average molecular weight is 239 g/mol. The van der Waals surface area contributed by atoms with E-state index in [1.165, 1.54) is 18.9 Å². The first kappa shape index (κ1) is 11.9. The van der Waals surface area contributed by atoms with E-state index in [1.807, 2.05) is 12.1 Å². The summed E-state index contributed by atoms with van der Waals surface area (Å²) in [5.74, 6) is 0.603. The van der Waals surface area contributed by atoms with Crippen molar-refractivity contribution < 1.29 is 4.39 Å². The molecule has 1 aromatic rings. The molecule has 3 heteroatoms. The number of benzene rings is 1. The van der Waals surface area contributed by atoms with Gasteiger partial charge in [-0.2, -0.15) is 0 Å². The second-order valence-corrected chi connectivity index (χ2v) is 5.27. The predicted molar refractivity (Wildman–Crippen MR) is 67.3 cm³/mol. The summed E-state index contributed by atoms with van der Waals surface area (Å²) in [7, 11) is 0. The fraction of sp³-hybridized carbons (Fsp3) is 0.538. The van der Waals surface area contributed by atoms with Crippen molar-refractivity contribution in [3.05, 3.63) is 29.6 Å². The second kappa shape index (κ2) is 5.19. The molecule has 1 nitrogen and oxygen atoms in total. The van der Waals surface area contributed by atoms with Gasteiger partial charge in [0.05, 0.1) is 0 Å². The van der Waals surface area contributed by atoms with Crippen LogP contribution in [0.4, 0.5) is 4.39 Å². The first-order valence-corrected chi connectivity index (χ1v) is 6.29. The third-order valence-electron chi connectivity index (χ3n) is 3.17. The number of thiol groups is 1. The highest BCUT2D eigenvalue weighted by molar-refractivity contribution is 7.80. The minimum Gasteiger partial charge on any atom is -0.299 e. The van der Waals surface area contributed by atoms with Crippen molar-refractivity contribution in [1.29, 1.82) is 0 Å². The van der Waals surface area contributed by atoms with E-state index in [9.17, 15) is 4.39 Å². The Kier molecular flexibility index (Phi) is 3.87. The normalized spacial score (nSPS) is 22.3. The summed E-state index contributed by atoms with van der Waals surface area (Å²) < 4.78 is 13.6. The molecule has 1 atom stereocenters. The van der Waals surface area contributed by atoms with Gasteiger partial charge in [-0.25, -0.2) is 4.39 Å². The quantitative estimate of drug-likeness (QED) is 0.775. The first-order chi connectivity index (χ1) is 7.65. The van der Waals surface area contributed by atoms with Crippen LogP contribution in [0.3, 0.4) is 0 Å². The number of likely N-dealkylation sites (tertiary alicyclic amines) is 1. The van der Waals surface area contributed by atoms with E-state index >= 15 is 0 Å². The zero-order valence-corrected chi connectivity index (χ0v) is 10.5. The highest BCUT2D eigenvalue weighted by Gasteiger charge is 2.17.